The lowest BCUT2D eigenvalue weighted by Gasteiger charge is -2.11. The molecule has 98 valence electrons. The number of nitrogens with one attached hydrogen (secondary N) is 1. The monoisotopic (exact) mass is 273 g/mol. The van der Waals surface area contributed by atoms with Crippen LogP contribution in [0.5, 0.6) is 0 Å². The maximum absolute atomic E-state index is 11.2. The van der Waals surface area contributed by atoms with Crippen LogP contribution in [0.1, 0.15) is 15.9 Å². The van der Waals surface area contributed by atoms with E-state index in [9.17, 15) is 9.90 Å². The Morgan fingerprint density at radius 3 is 2.68 bits per heavy atom. The molecule has 2 aromatic rings. The van der Waals surface area contributed by atoms with Gasteiger partial charge in [-0.2, -0.15) is 0 Å². The van der Waals surface area contributed by atoms with E-state index < -0.39 is 5.97 Å². The van der Waals surface area contributed by atoms with Gasteiger partial charge in [0.1, 0.15) is 0 Å². The van der Waals surface area contributed by atoms with Gasteiger partial charge in [-0.15, -0.1) is 11.8 Å². The minimum atomic E-state index is -0.924. The number of carboxylic acids is 1. The number of anilines is 2. The Morgan fingerprint density at radius 1 is 1.21 bits per heavy atom. The number of benzene rings is 2. The average molecular weight is 273 g/mol. The zero-order valence-corrected chi connectivity index (χ0v) is 11.6. The molecule has 19 heavy (non-hydrogen) atoms. The van der Waals surface area contributed by atoms with E-state index in [0.717, 1.165) is 16.1 Å². The van der Waals surface area contributed by atoms with Crippen LogP contribution in [0.3, 0.4) is 0 Å². The molecular formula is C15H15NO2S. The molecule has 0 atom stereocenters. The third kappa shape index (κ3) is 3.29. The van der Waals surface area contributed by atoms with Crippen molar-refractivity contribution in [2.45, 2.75) is 11.8 Å². The molecule has 0 saturated heterocycles. The van der Waals surface area contributed by atoms with Crippen LogP contribution in [0, 0.1) is 6.92 Å². The summed E-state index contributed by atoms with van der Waals surface area (Å²) in [5.41, 5.74) is 2.71. The standard InChI is InChI=1S/C15H15NO2S/c1-10-6-7-14(13(8-10)15(17)18)16-11-4-3-5-12(9-11)19-2/h3-9,16H,1-2H3,(H,17,18). The highest BCUT2D eigenvalue weighted by molar-refractivity contribution is 7.98. The minimum absolute atomic E-state index is 0.287. The number of rotatable bonds is 4. The van der Waals surface area contributed by atoms with Gasteiger partial charge in [0.2, 0.25) is 0 Å². The van der Waals surface area contributed by atoms with Crippen LogP contribution in [-0.2, 0) is 0 Å². The molecule has 0 heterocycles. The Balaban J connectivity index is 2.34. The summed E-state index contributed by atoms with van der Waals surface area (Å²) < 4.78 is 0. The molecule has 0 aliphatic carbocycles. The predicted octanol–water partition coefficient (Wildman–Crippen LogP) is 4.16. The van der Waals surface area contributed by atoms with Gasteiger partial charge in [0.25, 0.3) is 0 Å². The van der Waals surface area contributed by atoms with Crippen molar-refractivity contribution in [2.75, 3.05) is 11.6 Å². The van der Waals surface area contributed by atoms with Crippen LogP contribution in [0.15, 0.2) is 47.4 Å². The lowest BCUT2D eigenvalue weighted by Crippen LogP contribution is -2.03. The normalized spacial score (nSPS) is 10.2. The van der Waals surface area contributed by atoms with Crippen molar-refractivity contribution in [2.24, 2.45) is 0 Å². The number of carbonyl (C=O) groups is 1. The summed E-state index contributed by atoms with van der Waals surface area (Å²) in [6, 6.07) is 13.2. The van der Waals surface area contributed by atoms with Crippen LogP contribution < -0.4 is 5.32 Å². The first-order valence-electron chi connectivity index (χ1n) is 5.85. The highest BCUT2D eigenvalue weighted by Crippen LogP contribution is 2.25. The van der Waals surface area contributed by atoms with Gasteiger partial charge in [0, 0.05) is 10.6 Å². The maximum Gasteiger partial charge on any atom is 0.337 e. The summed E-state index contributed by atoms with van der Waals surface area (Å²) >= 11 is 1.65. The van der Waals surface area contributed by atoms with Crippen LogP contribution >= 0.6 is 11.8 Å². The second kappa shape index (κ2) is 5.80. The molecule has 0 radical (unpaired) electrons. The van der Waals surface area contributed by atoms with E-state index in [1.54, 1.807) is 23.9 Å². The summed E-state index contributed by atoms with van der Waals surface area (Å²) in [5, 5.41) is 12.4. The largest absolute Gasteiger partial charge is 0.478 e. The third-order valence-corrected chi connectivity index (χ3v) is 3.48. The van der Waals surface area contributed by atoms with Crippen molar-refractivity contribution in [1.29, 1.82) is 0 Å². The molecule has 3 nitrogen and oxygen atoms in total. The maximum atomic E-state index is 11.2. The molecule has 0 bridgehead atoms. The second-order valence-electron chi connectivity index (χ2n) is 4.21. The molecule has 4 heteroatoms. The molecule has 0 amide bonds. The number of hydrogen-bond acceptors (Lipinski definition) is 3. The van der Waals surface area contributed by atoms with Gasteiger partial charge in [-0.25, -0.2) is 4.79 Å². The highest BCUT2D eigenvalue weighted by atomic mass is 32.2. The summed E-state index contributed by atoms with van der Waals surface area (Å²) in [6.07, 6.45) is 2.01. The van der Waals surface area contributed by atoms with Crippen molar-refractivity contribution in [3.8, 4) is 0 Å². The van der Waals surface area contributed by atoms with Crippen LogP contribution in [0.25, 0.3) is 0 Å². The predicted molar refractivity (Wildman–Crippen MR) is 79.6 cm³/mol. The van der Waals surface area contributed by atoms with Gasteiger partial charge in [0.15, 0.2) is 0 Å². The third-order valence-electron chi connectivity index (χ3n) is 2.75. The number of thioether (sulfide) groups is 1. The molecule has 0 fully saturated rings. The molecule has 0 saturated carbocycles. The van der Waals surface area contributed by atoms with E-state index in [0.29, 0.717) is 5.69 Å². The molecule has 0 aliphatic rings. The van der Waals surface area contributed by atoms with E-state index in [1.165, 1.54) is 0 Å². The first-order chi connectivity index (χ1) is 9.10. The number of carboxylic acid groups (broad SMARTS) is 1. The van der Waals surface area contributed by atoms with Crippen molar-refractivity contribution < 1.29 is 9.90 Å². The Labute approximate surface area is 116 Å². The van der Waals surface area contributed by atoms with Crippen LogP contribution in [0.2, 0.25) is 0 Å². The molecule has 0 aromatic heterocycles. The zero-order chi connectivity index (χ0) is 13.8. The number of aryl methyl sites for hydroxylation is 1. The fraction of sp³-hybridized carbons (Fsp3) is 0.133. The first kappa shape index (κ1) is 13.5. The summed E-state index contributed by atoms with van der Waals surface area (Å²) in [4.78, 5) is 12.4. The van der Waals surface area contributed by atoms with Gasteiger partial charge in [-0.1, -0.05) is 17.7 Å². The Hall–Kier alpha value is -1.94. The molecule has 0 spiro atoms. The van der Waals surface area contributed by atoms with Crippen molar-refractivity contribution in [1.82, 2.24) is 0 Å². The fourth-order valence-electron chi connectivity index (χ4n) is 1.80. The topological polar surface area (TPSA) is 49.3 Å². The van der Waals surface area contributed by atoms with Gasteiger partial charge in [0.05, 0.1) is 11.3 Å². The lowest BCUT2D eigenvalue weighted by atomic mass is 10.1. The first-order valence-corrected chi connectivity index (χ1v) is 7.07. The SMILES string of the molecule is CSc1cccc(Nc2ccc(C)cc2C(=O)O)c1. The summed E-state index contributed by atoms with van der Waals surface area (Å²) in [5.74, 6) is -0.924. The number of aromatic carboxylic acids is 1. The van der Waals surface area contributed by atoms with Crippen LogP contribution in [0.4, 0.5) is 11.4 Å². The molecule has 2 N–H and O–H groups in total. The van der Waals surface area contributed by atoms with Crippen molar-refractivity contribution >= 4 is 29.1 Å². The van der Waals surface area contributed by atoms with E-state index in [-0.39, 0.29) is 5.56 Å². The Morgan fingerprint density at radius 2 is 2.00 bits per heavy atom. The van der Waals surface area contributed by atoms with E-state index in [4.69, 9.17) is 0 Å². The molecule has 0 aliphatic heterocycles. The average Bonchev–Trinajstić information content (AvgIpc) is 2.41. The van der Waals surface area contributed by atoms with E-state index in [1.807, 2.05) is 43.5 Å². The fourth-order valence-corrected chi connectivity index (χ4v) is 2.26. The summed E-state index contributed by atoms with van der Waals surface area (Å²) in [7, 11) is 0. The van der Waals surface area contributed by atoms with Gasteiger partial charge < -0.3 is 10.4 Å². The highest BCUT2D eigenvalue weighted by Gasteiger charge is 2.10. The molecule has 0 unspecified atom stereocenters. The number of hydrogen-bond donors (Lipinski definition) is 2. The molecular weight excluding hydrogens is 258 g/mol. The van der Waals surface area contributed by atoms with Crippen molar-refractivity contribution in [3.63, 3.8) is 0 Å². The molecule has 2 rings (SSSR count). The van der Waals surface area contributed by atoms with E-state index in [2.05, 4.69) is 5.32 Å². The second-order valence-corrected chi connectivity index (χ2v) is 5.09. The zero-order valence-electron chi connectivity index (χ0n) is 10.8. The lowest BCUT2D eigenvalue weighted by molar-refractivity contribution is 0.0698. The van der Waals surface area contributed by atoms with Gasteiger partial charge in [-0.3, -0.25) is 0 Å². The summed E-state index contributed by atoms with van der Waals surface area (Å²) in [6.45, 7) is 1.88. The molecule has 2 aromatic carbocycles. The van der Waals surface area contributed by atoms with Gasteiger partial charge >= 0.3 is 5.97 Å². The van der Waals surface area contributed by atoms with Crippen molar-refractivity contribution in [3.05, 3.63) is 53.6 Å². The Kier molecular flexibility index (Phi) is 4.12. The van der Waals surface area contributed by atoms with E-state index >= 15 is 0 Å². The quantitative estimate of drug-likeness (QED) is 0.821. The Bertz CT molecular complexity index is 611. The van der Waals surface area contributed by atoms with Gasteiger partial charge in [-0.05, 0) is 43.5 Å². The smallest absolute Gasteiger partial charge is 0.337 e. The minimum Gasteiger partial charge on any atom is -0.478 e. The van der Waals surface area contributed by atoms with Crippen LogP contribution in [-0.4, -0.2) is 17.3 Å².